The second kappa shape index (κ2) is 3.86. The van der Waals surface area contributed by atoms with Gasteiger partial charge in [0.05, 0.1) is 9.75 Å². The van der Waals surface area contributed by atoms with Crippen molar-refractivity contribution in [2.24, 2.45) is 0 Å². The predicted octanol–water partition coefficient (Wildman–Crippen LogP) is 0.998. The van der Waals surface area contributed by atoms with Crippen LogP contribution in [0.15, 0.2) is 0 Å². The van der Waals surface area contributed by atoms with Gasteiger partial charge in [0.1, 0.15) is 0 Å². The number of carbonyl (C=O) groups excluding carboxylic acids is 4. The zero-order valence-electron chi connectivity index (χ0n) is 6.35. The van der Waals surface area contributed by atoms with Crippen LogP contribution in [0.25, 0.3) is 0 Å². The van der Waals surface area contributed by atoms with Crippen LogP contribution < -0.4 is 0 Å². The zero-order chi connectivity index (χ0) is 9.84. The second-order valence-corrected chi connectivity index (χ2v) is 3.21. The Morgan fingerprint density at radius 3 is 1.31 bits per heavy atom. The van der Waals surface area contributed by atoms with Gasteiger partial charge in [0.25, 0.3) is 0 Å². The molecule has 4 nitrogen and oxygen atoms in total. The van der Waals surface area contributed by atoms with E-state index in [0.717, 1.165) is 11.3 Å². The van der Waals surface area contributed by atoms with Crippen molar-refractivity contribution in [1.82, 2.24) is 0 Å². The SMILES string of the molecule is O=Cc1sc(C=O)c(C=O)c1C=O. The van der Waals surface area contributed by atoms with E-state index in [1.165, 1.54) is 0 Å². The Morgan fingerprint density at radius 1 is 0.692 bits per heavy atom. The van der Waals surface area contributed by atoms with Crippen LogP contribution in [0, 0.1) is 0 Å². The third-order valence-electron chi connectivity index (χ3n) is 1.49. The fourth-order valence-corrected chi connectivity index (χ4v) is 1.78. The highest BCUT2D eigenvalue weighted by atomic mass is 32.1. The molecule has 0 aromatic carbocycles. The summed E-state index contributed by atoms with van der Waals surface area (Å²) in [7, 11) is 0. The Bertz CT molecular complexity index is 343. The molecule has 66 valence electrons. The molecule has 1 rings (SSSR count). The van der Waals surface area contributed by atoms with E-state index in [1.54, 1.807) is 0 Å². The molecule has 1 aromatic rings. The first-order valence-corrected chi connectivity index (χ1v) is 4.07. The van der Waals surface area contributed by atoms with Crippen molar-refractivity contribution in [2.75, 3.05) is 0 Å². The first-order valence-electron chi connectivity index (χ1n) is 3.26. The van der Waals surface area contributed by atoms with Gasteiger partial charge in [0, 0.05) is 11.1 Å². The van der Waals surface area contributed by atoms with Crippen LogP contribution in [0.3, 0.4) is 0 Å². The molecular formula is C8H4O4S. The highest BCUT2D eigenvalue weighted by Crippen LogP contribution is 2.23. The maximum atomic E-state index is 10.5. The third kappa shape index (κ3) is 1.46. The van der Waals surface area contributed by atoms with Gasteiger partial charge in [-0.3, -0.25) is 19.2 Å². The summed E-state index contributed by atoms with van der Waals surface area (Å²) in [4.78, 5) is 42.0. The fraction of sp³-hybridized carbons (Fsp3) is 0. The van der Waals surface area contributed by atoms with Gasteiger partial charge in [-0.05, 0) is 0 Å². The summed E-state index contributed by atoms with van der Waals surface area (Å²) >= 11 is 0.837. The van der Waals surface area contributed by atoms with Gasteiger partial charge in [-0.15, -0.1) is 11.3 Å². The number of hydrogen-bond donors (Lipinski definition) is 0. The van der Waals surface area contributed by atoms with Crippen molar-refractivity contribution in [3.63, 3.8) is 0 Å². The lowest BCUT2D eigenvalue weighted by Gasteiger charge is -1.86. The maximum Gasteiger partial charge on any atom is 0.160 e. The van der Waals surface area contributed by atoms with Gasteiger partial charge in [-0.25, -0.2) is 0 Å². The van der Waals surface area contributed by atoms with Crippen LogP contribution >= 0.6 is 11.3 Å². The van der Waals surface area contributed by atoms with E-state index >= 15 is 0 Å². The molecule has 0 spiro atoms. The van der Waals surface area contributed by atoms with Crippen molar-refractivity contribution in [1.29, 1.82) is 0 Å². The lowest BCUT2D eigenvalue weighted by Crippen LogP contribution is -1.91. The molecule has 0 saturated carbocycles. The Hall–Kier alpha value is -1.62. The molecule has 0 aliphatic carbocycles. The topological polar surface area (TPSA) is 68.3 Å². The van der Waals surface area contributed by atoms with Crippen LogP contribution in [0.2, 0.25) is 0 Å². The van der Waals surface area contributed by atoms with Crippen LogP contribution in [0.1, 0.15) is 40.1 Å². The second-order valence-electron chi connectivity index (χ2n) is 2.13. The molecule has 13 heavy (non-hydrogen) atoms. The lowest BCUT2D eigenvalue weighted by molar-refractivity contribution is 0.108. The van der Waals surface area contributed by atoms with E-state index in [-0.39, 0.29) is 20.9 Å². The van der Waals surface area contributed by atoms with Crippen molar-refractivity contribution >= 4 is 36.5 Å². The minimum absolute atomic E-state index is 0.00269. The first-order chi connectivity index (χ1) is 6.28. The fourth-order valence-electron chi connectivity index (χ4n) is 0.912. The molecule has 0 saturated heterocycles. The average Bonchev–Trinajstić information content (AvgIpc) is 2.54. The molecule has 0 aliphatic rings. The summed E-state index contributed by atoms with van der Waals surface area (Å²) in [6.07, 6.45) is 1.71. The Kier molecular flexibility index (Phi) is 2.81. The Morgan fingerprint density at radius 2 is 1.08 bits per heavy atom. The molecular weight excluding hydrogens is 192 g/mol. The van der Waals surface area contributed by atoms with Crippen molar-refractivity contribution < 1.29 is 19.2 Å². The lowest BCUT2D eigenvalue weighted by atomic mass is 10.1. The van der Waals surface area contributed by atoms with E-state index in [2.05, 4.69) is 0 Å². The van der Waals surface area contributed by atoms with E-state index in [9.17, 15) is 19.2 Å². The van der Waals surface area contributed by atoms with Gasteiger partial charge in [-0.1, -0.05) is 0 Å². The van der Waals surface area contributed by atoms with Crippen LogP contribution in [-0.2, 0) is 0 Å². The van der Waals surface area contributed by atoms with Crippen molar-refractivity contribution in [3.8, 4) is 0 Å². The molecule has 0 amide bonds. The summed E-state index contributed by atoms with van der Waals surface area (Å²) < 4.78 is 0. The van der Waals surface area contributed by atoms with Crippen molar-refractivity contribution in [3.05, 3.63) is 20.9 Å². The zero-order valence-corrected chi connectivity index (χ0v) is 7.17. The third-order valence-corrected chi connectivity index (χ3v) is 2.56. The standard InChI is InChI=1S/C8H4O4S/c9-1-5-6(2-10)8(4-12)13-7(5)3-11/h1-4H. The molecule has 0 N–H and O–H groups in total. The molecule has 1 heterocycles. The van der Waals surface area contributed by atoms with Gasteiger partial charge >= 0.3 is 0 Å². The molecule has 0 atom stereocenters. The van der Waals surface area contributed by atoms with Gasteiger partial charge in [0.2, 0.25) is 0 Å². The molecule has 0 radical (unpaired) electrons. The van der Waals surface area contributed by atoms with Gasteiger partial charge in [-0.2, -0.15) is 0 Å². The largest absolute Gasteiger partial charge is 0.298 e. The number of rotatable bonds is 4. The molecule has 0 bridgehead atoms. The number of thiophene rings is 1. The maximum absolute atomic E-state index is 10.5. The Labute approximate surface area is 77.2 Å². The van der Waals surface area contributed by atoms with E-state index in [4.69, 9.17) is 0 Å². The molecule has 5 heteroatoms. The number of aldehydes is 4. The van der Waals surface area contributed by atoms with E-state index in [0.29, 0.717) is 25.1 Å². The van der Waals surface area contributed by atoms with Crippen molar-refractivity contribution in [2.45, 2.75) is 0 Å². The monoisotopic (exact) mass is 196 g/mol. The summed E-state index contributed by atoms with van der Waals surface area (Å²) in [5, 5.41) is 0. The highest BCUT2D eigenvalue weighted by Gasteiger charge is 2.15. The smallest absolute Gasteiger partial charge is 0.160 e. The minimum Gasteiger partial charge on any atom is -0.298 e. The van der Waals surface area contributed by atoms with E-state index in [1.807, 2.05) is 0 Å². The number of carbonyl (C=O) groups is 4. The first kappa shape index (κ1) is 9.47. The van der Waals surface area contributed by atoms with Crippen LogP contribution in [0.5, 0.6) is 0 Å². The average molecular weight is 196 g/mol. The number of hydrogen-bond acceptors (Lipinski definition) is 5. The van der Waals surface area contributed by atoms with Crippen LogP contribution in [0.4, 0.5) is 0 Å². The molecule has 0 aliphatic heterocycles. The molecule has 1 aromatic heterocycles. The Balaban J connectivity index is 3.50. The highest BCUT2D eigenvalue weighted by molar-refractivity contribution is 7.16. The summed E-state index contributed by atoms with van der Waals surface area (Å²) in [6, 6.07) is 0. The molecule has 0 fully saturated rings. The minimum atomic E-state index is -0.00269. The van der Waals surface area contributed by atoms with Gasteiger partial charge in [0.15, 0.2) is 25.1 Å². The summed E-state index contributed by atoms with van der Waals surface area (Å²) in [6.45, 7) is 0. The van der Waals surface area contributed by atoms with Crippen LogP contribution in [-0.4, -0.2) is 25.1 Å². The quantitative estimate of drug-likeness (QED) is 0.673. The normalized spacial score (nSPS) is 9.23. The van der Waals surface area contributed by atoms with E-state index < -0.39 is 0 Å². The van der Waals surface area contributed by atoms with Gasteiger partial charge < -0.3 is 0 Å². The molecule has 0 unspecified atom stereocenters. The summed E-state index contributed by atoms with van der Waals surface area (Å²) in [5.74, 6) is 0. The predicted molar refractivity (Wildman–Crippen MR) is 45.9 cm³/mol. The summed E-state index contributed by atoms with van der Waals surface area (Å²) in [5.41, 5.74) is -0.00537.